The van der Waals surface area contributed by atoms with Crippen LogP contribution in [0.3, 0.4) is 0 Å². The van der Waals surface area contributed by atoms with Crippen LogP contribution in [0.5, 0.6) is 0 Å². The second-order valence-corrected chi connectivity index (χ2v) is 9.40. The van der Waals surface area contributed by atoms with Gasteiger partial charge in [0.25, 0.3) is 0 Å². The van der Waals surface area contributed by atoms with Gasteiger partial charge in [-0.15, -0.1) is 0 Å². The summed E-state index contributed by atoms with van der Waals surface area (Å²) in [5.74, 6) is 0.860. The van der Waals surface area contributed by atoms with Crippen molar-refractivity contribution < 1.29 is 9.53 Å². The predicted octanol–water partition coefficient (Wildman–Crippen LogP) is 3.99. The van der Waals surface area contributed by atoms with E-state index >= 15 is 0 Å². The van der Waals surface area contributed by atoms with Crippen LogP contribution in [0.4, 0.5) is 10.6 Å². The highest BCUT2D eigenvalue weighted by molar-refractivity contribution is 7.98. The van der Waals surface area contributed by atoms with Crippen LogP contribution in [0.2, 0.25) is 5.15 Å². The Balaban J connectivity index is 1.64. The Kier molecular flexibility index (Phi) is 5.03. The number of hydrogen-bond donors (Lipinski definition) is 0. The minimum Gasteiger partial charge on any atom is -0.444 e. The Morgan fingerprint density at radius 3 is 2.54 bits per heavy atom. The first-order valence-electron chi connectivity index (χ1n) is 9.39. The van der Waals surface area contributed by atoms with Gasteiger partial charge in [-0.3, -0.25) is 4.90 Å². The van der Waals surface area contributed by atoms with E-state index in [1.54, 1.807) is 12.3 Å². The lowest BCUT2D eigenvalue weighted by molar-refractivity contribution is 0.0123. The first-order chi connectivity index (χ1) is 13.2. The zero-order chi connectivity index (χ0) is 20.1. The van der Waals surface area contributed by atoms with Crippen molar-refractivity contribution in [3.05, 3.63) is 17.4 Å². The summed E-state index contributed by atoms with van der Waals surface area (Å²) in [6.45, 7) is 7.14. The molecule has 2 fully saturated rings. The number of rotatable bonds is 2. The monoisotopic (exact) mass is 421 g/mol. The molecule has 4 heterocycles. The maximum atomic E-state index is 12.7. The molecular weight excluding hydrogens is 398 g/mol. The largest absolute Gasteiger partial charge is 0.444 e. The van der Waals surface area contributed by atoms with E-state index in [2.05, 4.69) is 14.9 Å². The van der Waals surface area contributed by atoms with Gasteiger partial charge in [0.05, 0.1) is 23.0 Å². The molecule has 2 aromatic rings. The highest BCUT2D eigenvalue weighted by Crippen LogP contribution is 2.36. The fourth-order valence-corrected chi connectivity index (χ4v) is 4.50. The zero-order valence-corrected chi connectivity index (χ0v) is 18.0. The number of carbonyl (C=O) groups is 1. The van der Waals surface area contributed by atoms with E-state index in [0.717, 1.165) is 42.7 Å². The molecule has 7 nitrogen and oxygen atoms in total. The molecule has 2 bridgehead atoms. The molecule has 2 saturated heterocycles. The summed E-state index contributed by atoms with van der Waals surface area (Å²) in [6, 6.07) is 2.01. The van der Waals surface area contributed by atoms with Crippen molar-refractivity contribution in [2.45, 2.75) is 56.5 Å². The summed E-state index contributed by atoms with van der Waals surface area (Å²) in [5, 5.41) is 2.00. The summed E-state index contributed by atoms with van der Waals surface area (Å²) in [4.78, 5) is 30.4. The Bertz CT molecular complexity index is 905. The fourth-order valence-electron chi connectivity index (χ4n) is 3.98. The smallest absolute Gasteiger partial charge is 0.410 e. The van der Waals surface area contributed by atoms with Crippen molar-refractivity contribution in [2.24, 2.45) is 0 Å². The summed E-state index contributed by atoms with van der Waals surface area (Å²) in [7, 11) is 0. The first-order valence-corrected chi connectivity index (χ1v) is 11.0. The number of ether oxygens (including phenoxy) is 1. The fraction of sp³-hybridized carbons (Fsp3) is 0.579. The highest BCUT2D eigenvalue weighted by Gasteiger charge is 2.44. The minimum atomic E-state index is -0.491. The molecule has 0 aliphatic carbocycles. The lowest BCUT2D eigenvalue weighted by Gasteiger charge is -2.42. The van der Waals surface area contributed by atoms with E-state index in [1.165, 1.54) is 11.8 Å². The maximum absolute atomic E-state index is 12.7. The van der Waals surface area contributed by atoms with Crippen molar-refractivity contribution >= 4 is 46.2 Å². The van der Waals surface area contributed by atoms with Crippen LogP contribution in [0.1, 0.15) is 33.6 Å². The van der Waals surface area contributed by atoms with Gasteiger partial charge in [0.1, 0.15) is 16.6 Å². The van der Waals surface area contributed by atoms with E-state index < -0.39 is 5.60 Å². The molecule has 0 saturated carbocycles. The van der Waals surface area contributed by atoms with Crippen molar-refractivity contribution in [3.63, 3.8) is 0 Å². The van der Waals surface area contributed by atoms with Crippen LogP contribution < -0.4 is 4.90 Å². The molecule has 2 aliphatic rings. The maximum Gasteiger partial charge on any atom is 0.410 e. The van der Waals surface area contributed by atoms with Crippen molar-refractivity contribution in [2.75, 3.05) is 24.2 Å². The molecule has 1 amide bonds. The third-order valence-corrected chi connectivity index (χ3v) is 5.83. The first kappa shape index (κ1) is 19.5. The van der Waals surface area contributed by atoms with Crippen molar-refractivity contribution in [1.82, 2.24) is 19.9 Å². The summed E-state index contributed by atoms with van der Waals surface area (Å²) in [5.41, 5.74) is 0.297. The molecule has 2 atom stereocenters. The van der Waals surface area contributed by atoms with Gasteiger partial charge in [-0.05, 0) is 39.9 Å². The standard InChI is InChI=1S/C19H24ClN5O2S/c1-19(2,3)27-18(26)25-11-5-6-12(25)10-24(9-11)16-13-8-21-15(20)7-14(13)22-17(23-16)28-4/h7-8,11-12H,5-6,9-10H2,1-4H3. The Morgan fingerprint density at radius 1 is 1.25 bits per heavy atom. The average Bonchev–Trinajstić information content (AvgIpc) is 2.89. The van der Waals surface area contributed by atoms with Gasteiger partial charge in [-0.1, -0.05) is 23.4 Å². The molecule has 0 radical (unpaired) electrons. The van der Waals surface area contributed by atoms with Gasteiger partial charge in [-0.25, -0.2) is 19.7 Å². The number of aromatic nitrogens is 3. The van der Waals surface area contributed by atoms with Gasteiger partial charge in [0, 0.05) is 25.4 Å². The quantitative estimate of drug-likeness (QED) is 0.412. The SMILES string of the molecule is CSc1nc(N2CC3CCC(C2)N3C(=O)OC(C)(C)C)c2cnc(Cl)cc2n1. The lowest BCUT2D eigenvalue weighted by Crippen LogP contribution is -2.57. The molecule has 150 valence electrons. The van der Waals surface area contributed by atoms with Crippen LogP contribution in [-0.4, -0.2) is 63.0 Å². The number of thioether (sulfide) groups is 1. The number of pyridine rings is 1. The van der Waals surface area contributed by atoms with E-state index in [1.807, 2.05) is 31.9 Å². The van der Waals surface area contributed by atoms with Gasteiger partial charge >= 0.3 is 6.09 Å². The Hall–Kier alpha value is -1.80. The van der Waals surface area contributed by atoms with E-state index in [-0.39, 0.29) is 18.2 Å². The third-order valence-electron chi connectivity index (χ3n) is 5.08. The van der Waals surface area contributed by atoms with Gasteiger partial charge in [0.15, 0.2) is 5.16 Å². The number of halogens is 1. The molecular formula is C19H24ClN5O2S. The summed E-state index contributed by atoms with van der Waals surface area (Å²) in [6.07, 6.45) is 5.42. The molecule has 9 heteroatoms. The van der Waals surface area contributed by atoms with Gasteiger partial charge in [-0.2, -0.15) is 0 Å². The highest BCUT2D eigenvalue weighted by atomic mass is 35.5. The molecule has 4 rings (SSSR count). The second-order valence-electron chi connectivity index (χ2n) is 8.24. The molecule has 0 N–H and O–H groups in total. The lowest BCUT2D eigenvalue weighted by atomic mass is 10.1. The van der Waals surface area contributed by atoms with Crippen molar-refractivity contribution in [3.8, 4) is 0 Å². The number of anilines is 1. The number of amides is 1. The molecule has 28 heavy (non-hydrogen) atoms. The third kappa shape index (κ3) is 3.72. The molecule has 2 aliphatic heterocycles. The summed E-state index contributed by atoms with van der Waals surface area (Å²) < 4.78 is 5.63. The predicted molar refractivity (Wildman–Crippen MR) is 111 cm³/mol. The second kappa shape index (κ2) is 7.22. The van der Waals surface area contributed by atoms with Crippen LogP contribution >= 0.6 is 23.4 Å². The number of fused-ring (bicyclic) bond motifs is 3. The number of nitrogens with zero attached hydrogens (tertiary/aromatic N) is 5. The van der Waals surface area contributed by atoms with E-state index in [9.17, 15) is 4.79 Å². The molecule has 2 unspecified atom stereocenters. The average molecular weight is 422 g/mol. The van der Waals surface area contributed by atoms with Crippen molar-refractivity contribution in [1.29, 1.82) is 0 Å². The van der Waals surface area contributed by atoms with E-state index in [0.29, 0.717) is 10.3 Å². The number of hydrogen-bond acceptors (Lipinski definition) is 7. The molecule has 2 aromatic heterocycles. The van der Waals surface area contributed by atoms with Crippen LogP contribution in [0, 0.1) is 0 Å². The number of carbonyl (C=O) groups excluding carboxylic acids is 1. The van der Waals surface area contributed by atoms with Gasteiger partial charge < -0.3 is 9.64 Å². The van der Waals surface area contributed by atoms with Crippen LogP contribution in [0.25, 0.3) is 10.9 Å². The normalized spacial score (nSPS) is 22.0. The van der Waals surface area contributed by atoms with Crippen LogP contribution in [-0.2, 0) is 4.74 Å². The Labute approximate surface area is 173 Å². The van der Waals surface area contributed by atoms with E-state index in [4.69, 9.17) is 21.3 Å². The molecule has 0 aromatic carbocycles. The zero-order valence-electron chi connectivity index (χ0n) is 16.5. The van der Waals surface area contributed by atoms with Gasteiger partial charge in [0.2, 0.25) is 0 Å². The minimum absolute atomic E-state index is 0.122. The Morgan fingerprint density at radius 2 is 1.93 bits per heavy atom. The number of piperazine rings is 1. The molecule has 0 spiro atoms. The topological polar surface area (TPSA) is 71.5 Å². The summed E-state index contributed by atoms with van der Waals surface area (Å²) >= 11 is 7.57. The van der Waals surface area contributed by atoms with Crippen LogP contribution in [0.15, 0.2) is 17.4 Å².